The van der Waals surface area contributed by atoms with E-state index in [1.807, 2.05) is 12.3 Å². The average Bonchev–Trinajstić information content (AvgIpc) is 2.47. The summed E-state index contributed by atoms with van der Waals surface area (Å²) in [6, 6.07) is 4.63. The number of nitrogens with one attached hydrogen (secondary N) is 1. The Balaban J connectivity index is 2.71. The summed E-state index contributed by atoms with van der Waals surface area (Å²) in [6.07, 6.45) is 5.17. The topological polar surface area (TPSA) is 48.4 Å². The van der Waals surface area contributed by atoms with E-state index in [2.05, 4.69) is 42.0 Å². The van der Waals surface area contributed by atoms with Crippen molar-refractivity contribution < 1.29 is 5.11 Å². The van der Waals surface area contributed by atoms with Crippen LogP contribution in [0.1, 0.15) is 45.7 Å². The molecule has 0 aromatic carbocycles. The van der Waals surface area contributed by atoms with E-state index in [0.29, 0.717) is 12.6 Å². The van der Waals surface area contributed by atoms with Gasteiger partial charge in [-0.2, -0.15) is 0 Å². The molecule has 1 aromatic rings. The third-order valence-corrected chi connectivity index (χ3v) is 3.61. The van der Waals surface area contributed by atoms with Crippen LogP contribution < -0.4 is 5.32 Å². The molecule has 0 radical (unpaired) electrons. The smallest absolute Gasteiger partial charge is 0.0564 e. The van der Waals surface area contributed by atoms with Gasteiger partial charge in [0.2, 0.25) is 0 Å². The van der Waals surface area contributed by atoms with Crippen LogP contribution in [-0.2, 0) is 6.54 Å². The van der Waals surface area contributed by atoms with Crippen molar-refractivity contribution in [3.63, 3.8) is 0 Å². The number of hydrogen-bond acceptors (Lipinski definition) is 4. The minimum absolute atomic E-state index is 0.199. The van der Waals surface area contributed by atoms with Crippen LogP contribution in [0.25, 0.3) is 0 Å². The van der Waals surface area contributed by atoms with Crippen molar-refractivity contribution in [3.8, 4) is 0 Å². The van der Waals surface area contributed by atoms with Gasteiger partial charge >= 0.3 is 0 Å². The van der Waals surface area contributed by atoms with E-state index >= 15 is 0 Å². The van der Waals surface area contributed by atoms with E-state index in [0.717, 1.165) is 43.7 Å². The fraction of sp³-hybridized carbons (Fsp3) is 0.688. The fourth-order valence-corrected chi connectivity index (χ4v) is 2.48. The summed E-state index contributed by atoms with van der Waals surface area (Å²) in [5.74, 6) is 0. The van der Waals surface area contributed by atoms with Crippen LogP contribution in [-0.4, -0.2) is 40.7 Å². The zero-order chi connectivity index (χ0) is 14.8. The van der Waals surface area contributed by atoms with E-state index < -0.39 is 0 Å². The molecular formula is C16H29N3O. The molecule has 1 rings (SSSR count). The Kier molecular flexibility index (Phi) is 8.23. The van der Waals surface area contributed by atoms with Crippen molar-refractivity contribution in [2.45, 2.75) is 52.6 Å². The molecule has 0 bridgehead atoms. The van der Waals surface area contributed by atoms with Crippen molar-refractivity contribution in [3.05, 3.63) is 24.0 Å². The standard InChI is InChI=1S/C16H29N3O/c1-4-8-17-14-7-9-18-15(12-14)13-19(10-11-20)16(5-2)6-3/h7,9,12,16,20H,4-6,8,10-11,13H2,1-3H3,(H,17,18). The SMILES string of the molecule is CCCNc1ccnc(CN(CCO)C(CC)CC)c1. The van der Waals surface area contributed by atoms with Crippen LogP contribution in [0.4, 0.5) is 5.69 Å². The molecule has 0 aliphatic rings. The lowest BCUT2D eigenvalue weighted by Gasteiger charge is -2.29. The second kappa shape index (κ2) is 9.72. The zero-order valence-corrected chi connectivity index (χ0v) is 13.1. The largest absolute Gasteiger partial charge is 0.395 e. The molecule has 0 spiro atoms. The van der Waals surface area contributed by atoms with Crippen molar-refractivity contribution in [1.29, 1.82) is 0 Å². The predicted octanol–water partition coefficient (Wildman–Crippen LogP) is 2.89. The predicted molar refractivity (Wildman–Crippen MR) is 84.9 cm³/mol. The van der Waals surface area contributed by atoms with E-state index in [1.165, 1.54) is 0 Å². The molecule has 0 unspecified atom stereocenters. The lowest BCUT2D eigenvalue weighted by atomic mass is 10.1. The Morgan fingerprint density at radius 3 is 2.65 bits per heavy atom. The highest BCUT2D eigenvalue weighted by atomic mass is 16.3. The summed E-state index contributed by atoms with van der Waals surface area (Å²) in [5, 5.41) is 12.6. The Morgan fingerprint density at radius 2 is 2.05 bits per heavy atom. The van der Waals surface area contributed by atoms with Gasteiger partial charge < -0.3 is 10.4 Å². The maximum atomic E-state index is 9.25. The van der Waals surface area contributed by atoms with Gasteiger partial charge in [-0.3, -0.25) is 9.88 Å². The Hall–Kier alpha value is -1.13. The second-order valence-electron chi connectivity index (χ2n) is 5.13. The molecule has 4 heteroatoms. The minimum atomic E-state index is 0.199. The van der Waals surface area contributed by atoms with Gasteiger partial charge in [0.25, 0.3) is 0 Å². The number of rotatable bonds is 10. The van der Waals surface area contributed by atoms with Crippen LogP contribution in [0.15, 0.2) is 18.3 Å². The van der Waals surface area contributed by atoms with Gasteiger partial charge in [0.15, 0.2) is 0 Å². The highest BCUT2D eigenvalue weighted by molar-refractivity contribution is 5.43. The molecule has 0 aliphatic carbocycles. The van der Waals surface area contributed by atoms with Gasteiger partial charge in [0.05, 0.1) is 12.3 Å². The van der Waals surface area contributed by atoms with Gasteiger partial charge in [-0.1, -0.05) is 20.8 Å². The van der Waals surface area contributed by atoms with Crippen LogP contribution in [0.2, 0.25) is 0 Å². The van der Waals surface area contributed by atoms with Crippen molar-refractivity contribution in [1.82, 2.24) is 9.88 Å². The van der Waals surface area contributed by atoms with Crippen molar-refractivity contribution >= 4 is 5.69 Å². The lowest BCUT2D eigenvalue weighted by Crippen LogP contribution is -2.36. The van der Waals surface area contributed by atoms with Crippen LogP contribution in [0, 0.1) is 0 Å². The average molecular weight is 279 g/mol. The van der Waals surface area contributed by atoms with E-state index in [-0.39, 0.29) is 6.61 Å². The number of aliphatic hydroxyl groups excluding tert-OH is 1. The maximum Gasteiger partial charge on any atom is 0.0564 e. The summed E-state index contributed by atoms with van der Waals surface area (Å²) in [6.45, 7) is 9.25. The Morgan fingerprint density at radius 1 is 1.30 bits per heavy atom. The van der Waals surface area contributed by atoms with Gasteiger partial charge in [0.1, 0.15) is 0 Å². The minimum Gasteiger partial charge on any atom is -0.395 e. The molecule has 20 heavy (non-hydrogen) atoms. The molecule has 1 heterocycles. The van der Waals surface area contributed by atoms with Gasteiger partial charge in [0, 0.05) is 37.6 Å². The van der Waals surface area contributed by atoms with E-state index in [4.69, 9.17) is 0 Å². The first-order valence-corrected chi connectivity index (χ1v) is 7.78. The van der Waals surface area contributed by atoms with Crippen LogP contribution >= 0.6 is 0 Å². The molecule has 0 saturated carbocycles. The first-order chi connectivity index (χ1) is 9.74. The molecule has 1 aromatic heterocycles. The number of aliphatic hydroxyl groups is 1. The summed E-state index contributed by atoms with van der Waals surface area (Å²) in [7, 11) is 0. The number of pyridine rings is 1. The number of hydrogen-bond donors (Lipinski definition) is 2. The van der Waals surface area contributed by atoms with E-state index in [9.17, 15) is 5.11 Å². The summed E-state index contributed by atoms with van der Waals surface area (Å²) < 4.78 is 0. The van der Waals surface area contributed by atoms with Crippen LogP contribution in [0.3, 0.4) is 0 Å². The third-order valence-electron chi connectivity index (χ3n) is 3.61. The quantitative estimate of drug-likeness (QED) is 0.691. The van der Waals surface area contributed by atoms with Crippen molar-refractivity contribution in [2.24, 2.45) is 0 Å². The van der Waals surface area contributed by atoms with Gasteiger partial charge in [-0.05, 0) is 31.4 Å². The monoisotopic (exact) mass is 279 g/mol. The summed E-state index contributed by atoms with van der Waals surface area (Å²) in [4.78, 5) is 6.78. The molecule has 2 N–H and O–H groups in total. The summed E-state index contributed by atoms with van der Waals surface area (Å²) >= 11 is 0. The maximum absolute atomic E-state index is 9.25. The molecule has 0 amide bonds. The number of aromatic nitrogens is 1. The molecule has 0 aliphatic heterocycles. The highest BCUT2D eigenvalue weighted by Gasteiger charge is 2.15. The molecular weight excluding hydrogens is 250 g/mol. The summed E-state index contributed by atoms with van der Waals surface area (Å²) in [5.41, 5.74) is 2.19. The molecule has 0 atom stereocenters. The lowest BCUT2D eigenvalue weighted by molar-refractivity contribution is 0.135. The Bertz CT molecular complexity index is 366. The Labute approximate surface area is 123 Å². The molecule has 4 nitrogen and oxygen atoms in total. The second-order valence-corrected chi connectivity index (χ2v) is 5.13. The van der Waals surface area contributed by atoms with Gasteiger partial charge in [-0.25, -0.2) is 0 Å². The number of anilines is 1. The third kappa shape index (κ3) is 5.47. The molecule has 114 valence electrons. The van der Waals surface area contributed by atoms with Crippen LogP contribution in [0.5, 0.6) is 0 Å². The highest BCUT2D eigenvalue weighted by Crippen LogP contribution is 2.14. The normalized spacial score (nSPS) is 11.3. The van der Waals surface area contributed by atoms with Crippen molar-refractivity contribution in [2.75, 3.05) is 25.0 Å². The zero-order valence-electron chi connectivity index (χ0n) is 13.1. The fourth-order valence-electron chi connectivity index (χ4n) is 2.48. The van der Waals surface area contributed by atoms with E-state index in [1.54, 1.807) is 0 Å². The number of nitrogens with zero attached hydrogens (tertiary/aromatic N) is 2. The molecule has 0 fully saturated rings. The first-order valence-electron chi connectivity index (χ1n) is 7.78. The first kappa shape index (κ1) is 16.9. The molecule has 0 saturated heterocycles. The van der Waals surface area contributed by atoms with Gasteiger partial charge in [-0.15, -0.1) is 0 Å².